The maximum atomic E-state index is 10.4. The van der Waals surface area contributed by atoms with Gasteiger partial charge in [0.2, 0.25) is 0 Å². The number of thioether (sulfide) groups is 1. The first-order valence-electron chi connectivity index (χ1n) is 11.6. The monoisotopic (exact) mass is 476 g/mol. The average Bonchev–Trinajstić information content (AvgIpc) is 2.81. The lowest BCUT2D eigenvalue weighted by Crippen LogP contribution is -2.66. The van der Waals surface area contributed by atoms with Crippen LogP contribution in [0, 0.1) is 6.92 Å². The van der Waals surface area contributed by atoms with Crippen molar-refractivity contribution in [1.82, 2.24) is 0 Å². The third-order valence-electron chi connectivity index (χ3n) is 5.82. The highest BCUT2D eigenvalue weighted by atomic mass is 32.2. The zero-order chi connectivity index (χ0) is 23.7. The third kappa shape index (κ3) is 6.70. The van der Waals surface area contributed by atoms with E-state index in [0.717, 1.165) is 6.42 Å². The van der Waals surface area contributed by atoms with Crippen molar-refractivity contribution >= 4 is 30.5 Å². The summed E-state index contributed by atoms with van der Waals surface area (Å²) in [6.07, 6.45) is 4.26. The fourth-order valence-corrected chi connectivity index (χ4v) is 9.55. The van der Waals surface area contributed by atoms with E-state index < -0.39 is 14.4 Å². The van der Waals surface area contributed by atoms with Gasteiger partial charge in [0.15, 0.2) is 0 Å². The molecule has 1 atom stereocenters. The summed E-state index contributed by atoms with van der Waals surface area (Å²) in [4.78, 5) is 1.18. The molecular formula is C29H36O2SSi. The highest BCUT2D eigenvalue weighted by Gasteiger charge is 2.49. The van der Waals surface area contributed by atoms with Crippen LogP contribution in [0.25, 0.3) is 0 Å². The Morgan fingerprint density at radius 2 is 1.42 bits per heavy atom. The minimum absolute atomic E-state index is 0.0242. The van der Waals surface area contributed by atoms with Gasteiger partial charge in [-0.25, -0.2) is 0 Å². The predicted molar refractivity (Wildman–Crippen MR) is 145 cm³/mol. The van der Waals surface area contributed by atoms with E-state index in [9.17, 15) is 5.11 Å². The largest absolute Gasteiger partial charge is 0.407 e. The van der Waals surface area contributed by atoms with Crippen molar-refractivity contribution in [2.45, 2.75) is 50.2 Å². The molecule has 4 heteroatoms. The second kappa shape index (κ2) is 11.8. The Balaban J connectivity index is 1.66. The maximum Gasteiger partial charge on any atom is 0.261 e. The van der Waals surface area contributed by atoms with Crippen LogP contribution in [0.3, 0.4) is 0 Å². The highest BCUT2D eigenvalue weighted by Crippen LogP contribution is 2.36. The summed E-state index contributed by atoms with van der Waals surface area (Å²) >= 11 is 1.68. The van der Waals surface area contributed by atoms with E-state index in [-0.39, 0.29) is 5.04 Å². The molecule has 33 heavy (non-hydrogen) atoms. The number of benzene rings is 3. The fraction of sp³-hybridized carbons (Fsp3) is 0.310. The van der Waals surface area contributed by atoms with E-state index in [0.29, 0.717) is 12.4 Å². The molecule has 0 aliphatic carbocycles. The summed E-state index contributed by atoms with van der Waals surface area (Å²) in [5, 5.41) is 12.9. The SMILES string of the molecule is Cc1ccc(SC[C@@H](O)/C=C/CCO[Si](c2ccccc2)(c2ccccc2)C(C)(C)C)cc1. The topological polar surface area (TPSA) is 29.5 Å². The van der Waals surface area contributed by atoms with Crippen LogP contribution >= 0.6 is 11.8 Å². The van der Waals surface area contributed by atoms with E-state index in [1.807, 2.05) is 6.08 Å². The minimum atomic E-state index is -2.49. The van der Waals surface area contributed by atoms with Crippen molar-refractivity contribution in [3.63, 3.8) is 0 Å². The summed E-state index contributed by atoms with van der Waals surface area (Å²) in [6, 6.07) is 29.8. The lowest BCUT2D eigenvalue weighted by atomic mass is 10.2. The average molecular weight is 477 g/mol. The molecule has 3 rings (SSSR count). The Morgan fingerprint density at radius 1 is 0.879 bits per heavy atom. The number of aliphatic hydroxyl groups is 1. The normalized spacial score (nSPS) is 13.4. The molecule has 0 aliphatic rings. The Labute approximate surface area is 204 Å². The molecule has 3 aromatic rings. The minimum Gasteiger partial charge on any atom is -0.407 e. The van der Waals surface area contributed by atoms with Crippen LogP contribution in [-0.4, -0.2) is 31.9 Å². The quantitative estimate of drug-likeness (QED) is 0.169. The summed E-state index contributed by atoms with van der Waals surface area (Å²) in [5.41, 5.74) is 1.25. The molecule has 0 radical (unpaired) electrons. The second-order valence-electron chi connectivity index (χ2n) is 9.42. The van der Waals surface area contributed by atoms with Gasteiger partial charge in [0, 0.05) is 17.3 Å². The Hall–Kier alpha value is -2.11. The van der Waals surface area contributed by atoms with Gasteiger partial charge in [0.1, 0.15) is 0 Å². The van der Waals surface area contributed by atoms with Gasteiger partial charge in [0.05, 0.1) is 6.10 Å². The molecule has 0 aromatic heterocycles. The summed E-state index contributed by atoms with van der Waals surface area (Å²) in [5.74, 6) is 0.648. The molecular weight excluding hydrogens is 440 g/mol. The van der Waals surface area contributed by atoms with Crippen molar-refractivity contribution in [1.29, 1.82) is 0 Å². The van der Waals surface area contributed by atoms with Crippen molar-refractivity contribution in [3.05, 3.63) is 103 Å². The van der Waals surface area contributed by atoms with Gasteiger partial charge in [-0.3, -0.25) is 0 Å². The molecule has 0 bridgehead atoms. The zero-order valence-electron chi connectivity index (χ0n) is 20.2. The number of hydrogen-bond acceptors (Lipinski definition) is 3. The first-order valence-corrected chi connectivity index (χ1v) is 14.5. The smallest absolute Gasteiger partial charge is 0.261 e. The van der Waals surface area contributed by atoms with Crippen LogP contribution in [-0.2, 0) is 4.43 Å². The highest BCUT2D eigenvalue weighted by molar-refractivity contribution is 7.99. The molecule has 0 aliphatic heterocycles. The Kier molecular flexibility index (Phi) is 9.16. The first kappa shape index (κ1) is 25.5. The van der Waals surface area contributed by atoms with Crippen LogP contribution in [0.5, 0.6) is 0 Å². The zero-order valence-corrected chi connectivity index (χ0v) is 22.0. The van der Waals surface area contributed by atoms with Crippen molar-refractivity contribution in [3.8, 4) is 0 Å². The fourth-order valence-electron chi connectivity index (χ4n) is 4.17. The van der Waals surface area contributed by atoms with E-state index in [1.54, 1.807) is 11.8 Å². The molecule has 0 spiro atoms. The molecule has 174 valence electrons. The summed E-state index contributed by atoms with van der Waals surface area (Å²) in [6.45, 7) is 9.59. The van der Waals surface area contributed by atoms with E-state index in [4.69, 9.17) is 4.43 Å². The number of aryl methyl sites for hydroxylation is 1. The molecule has 0 unspecified atom stereocenters. The van der Waals surface area contributed by atoms with Crippen LogP contribution in [0.15, 0.2) is 102 Å². The molecule has 3 aromatic carbocycles. The van der Waals surface area contributed by atoms with Gasteiger partial charge in [0.25, 0.3) is 8.32 Å². The van der Waals surface area contributed by atoms with Gasteiger partial charge in [-0.1, -0.05) is 111 Å². The van der Waals surface area contributed by atoms with E-state index >= 15 is 0 Å². The lowest BCUT2D eigenvalue weighted by molar-refractivity contribution is 0.247. The van der Waals surface area contributed by atoms with Crippen LogP contribution in [0.1, 0.15) is 32.8 Å². The predicted octanol–water partition coefficient (Wildman–Crippen LogP) is 5.97. The van der Waals surface area contributed by atoms with E-state index in [2.05, 4.69) is 119 Å². The van der Waals surface area contributed by atoms with Crippen molar-refractivity contribution in [2.75, 3.05) is 12.4 Å². The van der Waals surface area contributed by atoms with Gasteiger partial charge in [-0.15, -0.1) is 11.8 Å². The number of aliphatic hydroxyl groups excluding tert-OH is 1. The molecule has 0 amide bonds. The number of rotatable bonds is 10. The molecule has 0 heterocycles. The lowest BCUT2D eigenvalue weighted by Gasteiger charge is -2.43. The van der Waals surface area contributed by atoms with Gasteiger partial charge < -0.3 is 9.53 Å². The van der Waals surface area contributed by atoms with Gasteiger partial charge >= 0.3 is 0 Å². The van der Waals surface area contributed by atoms with Gasteiger partial charge in [-0.2, -0.15) is 0 Å². The van der Waals surface area contributed by atoms with Crippen molar-refractivity contribution < 1.29 is 9.53 Å². The standard InChI is InChI=1S/C29H36O2SSi/c1-24-18-20-26(21-19-24)32-23-25(30)13-11-12-22-31-33(29(2,3)4,27-14-7-5-8-15-27)28-16-9-6-10-17-28/h5-11,13-21,25,30H,12,22-23H2,1-4H3/b13-11+/t25-/m0/s1. The molecule has 0 saturated heterocycles. The van der Waals surface area contributed by atoms with E-state index in [1.165, 1.54) is 20.8 Å². The molecule has 1 N–H and O–H groups in total. The summed E-state index contributed by atoms with van der Waals surface area (Å²) in [7, 11) is -2.49. The van der Waals surface area contributed by atoms with Crippen LogP contribution in [0.2, 0.25) is 5.04 Å². The number of hydrogen-bond donors (Lipinski definition) is 1. The molecule has 0 saturated carbocycles. The first-order chi connectivity index (χ1) is 15.8. The molecule has 0 fully saturated rings. The third-order valence-corrected chi connectivity index (χ3v) is 12.0. The second-order valence-corrected chi connectivity index (χ2v) is 14.8. The van der Waals surface area contributed by atoms with Gasteiger partial charge in [-0.05, 0) is 40.9 Å². The summed E-state index contributed by atoms with van der Waals surface area (Å²) < 4.78 is 6.89. The maximum absolute atomic E-state index is 10.4. The Bertz CT molecular complexity index is 956. The van der Waals surface area contributed by atoms with Crippen molar-refractivity contribution in [2.24, 2.45) is 0 Å². The Morgan fingerprint density at radius 3 is 1.94 bits per heavy atom. The molecule has 2 nitrogen and oxygen atoms in total. The van der Waals surface area contributed by atoms with Crippen LogP contribution < -0.4 is 10.4 Å². The van der Waals surface area contributed by atoms with Crippen LogP contribution in [0.4, 0.5) is 0 Å².